The Morgan fingerprint density at radius 2 is 1.97 bits per heavy atom. The topological polar surface area (TPSA) is 85.7 Å². The van der Waals surface area contributed by atoms with E-state index in [-0.39, 0.29) is 30.0 Å². The van der Waals surface area contributed by atoms with E-state index >= 15 is 0 Å². The number of urea groups is 1. The summed E-state index contributed by atoms with van der Waals surface area (Å²) in [5.41, 5.74) is -1.13. The number of likely N-dealkylation sites (tertiary alicyclic amines) is 1. The van der Waals surface area contributed by atoms with Crippen molar-refractivity contribution >= 4 is 23.3 Å². The molecule has 0 saturated carbocycles. The number of halogens is 5. The molecule has 2 heterocycles. The van der Waals surface area contributed by atoms with Gasteiger partial charge in [-0.25, -0.2) is 9.18 Å². The van der Waals surface area contributed by atoms with Crippen molar-refractivity contribution in [3.05, 3.63) is 58.1 Å². The molecule has 3 N–H and O–H groups in total. The van der Waals surface area contributed by atoms with Crippen LogP contribution < -0.4 is 5.32 Å². The van der Waals surface area contributed by atoms with E-state index in [4.69, 9.17) is 16.7 Å². The van der Waals surface area contributed by atoms with Crippen molar-refractivity contribution in [1.82, 2.24) is 9.88 Å². The molecule has 2 amide bonds. The summed E-state index contributed by atoms with van der Waals surface area (Å²) in [6, 6.07) is 3.61. The Balaban J connectivity index is 1.65. The highest BCUT2D eigenvalue weighted by atomic mass is 35.5. The highest BCUT2D eigenvalue weighted by molar-refractivity contribution is 6.31. The van der Waals surface area contributed by atoms with E-state index in [0.717, 1.165) is 24.3 Å². The molecule has 0 bridgehead atoms. The Labute approximate surface area is 186 Å². The number of hydrogen-bond acceptors (Lipinski definition) is 4. The van der Waals surface area contributed by atoms with Gasteiger partial charge in [0, 0.05) is 36.0 Å². The predicted octanol–water partition coefficient (Wildman–Crippen LogP) is 4.50. The Hall–Kier alpha value is -2.43. The lowest BCUT2D eigenvalue weighted by Gasteiger charge is -2.39. The molecule has 1 fully saturated rings. The van der Waals surface area contributed by atoms with Gasteiger partial charge in [-0.05, 0) is 37.1 Å². The summed E-state index contributed by atoms with van der Waals surface area (Å²) < 4.78 is 53.1. The van der Waals surface area contributed by atoms with Crippen molar-refractivity contribution in [2.24, 2.45) is 0 Å². The third-order valence-electron chi connectivity index (χ3n) is 5.67. The van der Waals surface area contributed by atoms with Gasteiger partial charge in [-0.1, -0.05) is 18.5 Å². The standard InChI is InChI=1S/C21H22ClF4N3O3/c1-20(18-16(23)8-12(10-27-18)17(31)11-30)4-6-29(7-5-20)19(32)28-13-2-3-14(15(22)9-13)21(24,25)26/h2-3,8-10,17,30-31H,4-7,11H2,1H3,(H,28,32)/t17-/m0/s1. The summed E-state index contributed by atoms with van der Waals surface area (Å²) in [6.07, 6.45) is -3.68. The number of anilines is 1. The second kappa shape index (κ2) is 9.21. The predicted molar refractivity (Wildman–Crippen MR) is 110 cm³/mol. The summed E-state index contributed by atoms with van der Waals surface area (Å²) >= 11 is 5.69. The van der Waals surface area contributed by atoms with E-state index < -0.39 is 46.7 Å². The number of aliphatic hydroxyl groups is 2. The van der Waals surface area contributed by atoms with Crippen LogP contribution in [0.2, 0.25) is 5.02 Å². The molecule has 1 atom stereocenters. The first-order valence-corrected chi connectivity index (χ1v) is 10.2. The van der Waals surface area contributed by atoms with E-state index in [1.54, 1.807) is 0 Å². The van der Waals surface area contributed by atoms with Crippen LogP contribution in [0.1, 0.15) is 42.7 Å². The summed E-state index contributed by atoms with van der Waals surface area (Å²) in [5.74, 6) is -0.602. The molecule has 1 aromatic carbocycles. The lowest BCUT2D eigenvalue weighted by Crippen LogP contribution is -2.46. The summed E-state index contributed by atoms with van der Waals surface area (Å²) in [7, 11) is 0. The van der Waals surface area contributed by atoms with Crippen LogP contribution >= 0.6 is 11.6 Å². The molecule has 2 aromatic rings. The molecule has 174 valence electrons. The minimum atomic E-state index is -4.59. The van der Waals surface area contributed by atoms with Gasteiger partial charge in [-0.2, -0.15) is 13.2 Å². The number of aliphatic hydroxyl groups excluding tert-OH is 2. The number of rotatable bonds is 4. The van der Waals surface area contributed by atoms with Gasteiger partial charge in [0.2, 0.25) is 0 Å². The first kappa shape index (κ1) is 24.2. The maximum Gasteiger partial charge on any atom is 0.417 e. The van der Waals surface area contributed by atoms with Crippen LogP contribution in [-0.4, -0.2) is 45.8 Å². The molecule has 1 aliphatic rings. The molecule has 0 spiro atoms. The molecule has 0 radical (unpaired) electrons. The molecule has 0 unspecified atom stereocenters. The quantitative estimate of drug-likeness (QED) is 0.568. The van der Waals surface area contributed by atoms with Crippen molar-refractivity contribution in [1.29, 1.82) is 0 Å². The van der Waals surface area contributed by atoms with E-state index in [1.807, 2.05) is 6.92 Å². The van der Waals surface area contributed by atoms with Gasteiger partial charge >= 0.3 is 12.2 Å². The van der Waals surface area contributed by atoms with Gasteiger partial charge in [-0.15, -0.1) is 0 Å². The third kappa shape index (κ3) is 5.13. The van der Waals surface area contributed by atoms with Crippen LogP contribution in [0.25, 0.3) is 0 Å². The van der Waals surface area contributed by atoms with E-state index in [1.165, 1.54) is 11.1 Å². The number of carbonyl (C=O) groups is 1. The summed E-state index contributed by atoms with van der Waals surface area (Å²) in [6.45, 7) is 1.83. The van der Waals surface area contributed by atoms with Crippen molar-refractivity contribution in [2.45, 2.75) is 37.5 Å². The Bertz CT molecular complexity index is 995. The average molecular weight is 476 g/mol. The molecule has 6 nitrogen and oxygen atoms in total. The molecular weight excluding hydrogens is 454 g/mol. The lowest BCUT2D eigenvalue weighted by atomic mass is 9.77. The number of nitrogens with zero attached hydrogens (tertiary/aromatic N) is 2. The molecule has 11 heteroatoms. The fourth-order valence-electron chi connectivity index (χ4n) is 3.65. The molecule has 3 rings (SSSR count). The molecule has 1 saturated heterocycles. The smallest absolute Gasteiger partial charge is 0.393 e. The molecule has 1 aliphatic heterocycles. The number of hydrogen-bond donors (Lipinski definition) is 3. The number of carbonyl (C=O) groups excluding carboxylic acids is 1. The summed E-state index contributed by atoms with van der Waals surface area (Å²) in [4.78, 5) is 18.2. The van der Waals surface area contributed by atoms with Gasteiger partial charge in [0.25, 0.3) is 0 Å². The monoisotopic (exact) mass is 475 g/mol. The zero-order chi connectivity index (χ0) is 23.7. The Morgan fingerprint density at radius 1 is 1.31 bits per heavy atom. The van der Waals surface area contributed by atoms with Gasteiger partial charge in [0.05, 0.1) is 22.9 Å². The average Bonchev–Trinajstić information content (AvgIpc) is 2.72. The van der Waals surface area contributed by atoms with E-state index in [9.17, 15) is 27.5 Å². The van der Waals surface area contributed by atoms with Gasteiger partial charge < -0.3 is 20.4 Å². The first-order valence-electron chi connectivity index (χ1n) is 9.82. The van der Waals surface area contributed by atoms with Crippen molar-refractivity contribution in [2.75, 3.05) is 25.0 Å². The second-order valence-corrected chi connectivity index (χ2v) is 8.37. The normalized spacial score (nSPS) is 17.2. The van der Waals surface area contributed by atoms with E-state index in [0.29, 0.717) is 12.8 Å². The minimum Gasteiger partial charge on any atom is -0.393 e. The number of amides is 2. The second-order valence-electron chi connectivity index (χ2n) is 7.97. The van der Waals surface area contributed by atoms with Crippen LogP contribution in [0.15, 0.2) is 30.5 Å². The fourth-order valence-corrected chi connectivity index (χ4v) is 3.94. The minimum absolute atomic E-state index is 0.132. The van der Waals surface area contributed by atoms with Gasteiger partial charge in [-0.3, -0.25) is 4.98 Å². The lowest BCUT2D eigenvalue weighted by molar-refractivity contribution is -0.137. The van der Waals surface area contributed by atoms with Crippen molar-refractivity contribution in [3.8, 4) is 0 Å². The number of piperidine rings is 1. The molecular formula is C21H22ClF4N3O3. The largest absolute Gasteiger partial charge is 0.417 e. The number of pyridine rings is 1. The van der Waals surface area contributed by atoms with Crippen LogP contribution in [-0.2, 0) is 11.6 Å². The van der Waals surface area contributed by atoms with Crippen LogP contribution in [0.3, 0.4) is 0 Å². The van der Waals surface area contributed by atoms with Crippen LogP contribution in [0.5, 0.6) is 0 Å². The van der Waals surface area contributed by atoms with Crippen molar-refractivity contribution < 1.29 is 32.6 Å². The highest BCUT2D eigenvalue weighted by Gasteiger charge is 2.37. The molecule has 1 aromatic heterocycles. The SMILES string of the molecule is CC1(c2ncc([C@@H](O)CO)cc2F)CCN(C(=O)Nc2ccc(C(F)(F)F)c(Cl)c2)CC1. The maximum atomic E-state index is 14.6. The van der Waals surface area contributed by atoms with Gasteiger partial charge in [0.1, 0.15) is 11.9 Å². The summed E-state index contributed by atoms with van der Waals surface area (Å²) in [5, 5.41) is 20.6. The first-order chi connectivity index (χ1) is 14.9. The van der Waals surface area contributed by atoms with Crippen LogP contribution in [0, 0.1) is 5.82 Å². The zero-order valence-electron chi connectivity index (χ0n) is 17.1. The fraction of sp³-hybridized carbons (Fsp3) is 0.429. The number of alkyl halides is 3. The van der Waals surface area contributed by atoms with E-state index in [2.05, 4.69) is 10.3 Å². The Morgan fingerprint density at radius 3 is 2.50 bits per heavy atom. The number of benzene rings is 1. The Kier molecular flexibility index (Phi) is 6.97. The highest BCUT2D eigenvalue weighted by Crippen LogP contribution is 2.37. The number of aromatic nitrogens is 1. The maximum absolute atomic E-state index is 14.6. The van der Waals surface area contributed by atoms with Crippen molar-refractivity contribution in [3.63, 3.8) is 0 Å². The van der Waals surface area contributed by atoms with Crippen LogP contribution in [0.4, 0.5) is 28.0 Å². The molecule has 0 aliphatic carbocycles. The number of nitrogens with one attached hydrogen (secondary N) is 1. The third-order valence-corrected chi connectivity index (χ3v) is 5.98. The zero-order valence-corrected chi connectivity index (χ0v) is 17.8. The van der Waals surface area contributed by atoms with Gasteiger partial charge in [0.15, 0.2) is 0 Å². The molecule has 32 heavy (non-hydrogen) atoms.